The molecule has 0 bridgehead atoms. The van der Waals surface area contributed by atoms with E-state index in [1.807, 2.05) is 18.2 Å². The smallest absolute Gasteiger partial charge is 0.224 e. The lowest BCUT2D eigenvalue weighted by Gasteiger charge is -2.05. The number of fused-ring (bicyclic) bond motifs is 1. The van der Waals surface area contributed by atoms with Gasteiger partial charge in [-0.2, -0.15) is 0 Å². The third kappa shape index (κ3) is 4.00. The molecule has 0 fully saturated rings. The predicted molar refractivity (Wildman–Crippen MR) is 86.1 cm³/mol. The lowest BCUT2D eigenvalue weighted by atomic mass is 10.1. The third-order valence-electron chi connectivity index (χ3n) is 3.32. The Labute approximate surface area is 125 Å². The Hall–Kier alpha value is -1.49. The number of thiol groups is 1. The predicted octanol–water partition coefficient (Wildman–Crippen LogP) is 4.03. The Morgan fingerprint density at radius 2 is 2.10 bits per heavy atom. The zero-order valence-electron chi connectivity index (χ0n) is 11.8. The molecule has 2 aromatic rings. The Balaban J connectivity index is 1.83. The number of amides is 1. The third-order valence-corrected chi connectivity index (χ3v) is 3.64. The number of anilines is 1. The Morgan fingerprint density at radius 1 is 1.30 bits per heavy atom. The average molecular weight is 291 g/mol. The van der Waals surface area contributed by atoms with E-state index in [4.69, 9.17) is 0 Å². The van der Waals surface area contributed by atoms with E-state index in [1.54, 1.807) is 10.3 Å². The SMILES string of the molecule is CCCCCCCC(=O)Nc1ccc2c(c1)ncn2S. The van der Waals surface area contributed by atoms with Crippen LogP contribution in [0.25, 0.3) is 11.0 Å². The van der Waals surface area contributed by atoms with Crippen LogP contribution in [0.4, 0.5) is 5.69 Å². The number of benzene rings is 1. The molecule has 0 unspecified atom stereocenters. The number of aromatic nitrogens is 2. The summed E-state index contributed by atoms with van der Waals surface area (Å²) in [5.41, 5.74) is 2.56. The van der Waals surface area contributed by atoms with E-state index in [0.29, 0.717) is 6.42 Å². The van der Waals surface area contributed by atoms with Crippen LogP contribution in [0.15, 0.2) is 24.5 Å². The monoisotopic (exact) mass is 291 g/mol. The van der Waals surface area contributed by atoms with E-state index in [1.165, 1.54) is 19.3 Å². The maximum atomic E-state index is 11.8. The van der Waals surface area contributed by atoms with Gasteiger partial charge >= 0.3 is 0 Å². The fourth-order valence-electron chi connectivity index (χ4n) is 2.19. The number of carbonyl (C=O) groups is 1. The van der Waals surface area contributed by atoms with Crippen LogP contribution in [0.2, 0.25) is 0 Å². The molecule has 1 aromatic carbocycles. The second-order valence-electron chi connectivity index (χ2n) is 5.01. The first-order chi connectivity index (χ1) is 9.70. The maximum absolute atomic E-state index is 11.8. The van der Waals surface area contributed by atoms with Gasteiger partial charge < -0.3 is 5.32 Å². The quantitative estimate of drug-likeness (QED) is 0.597. The summed E-state index contributed by atoms with van der Waals surface area (Å²) in [6.07, 6.45) is 8.02. The van der Waals surface area contributed by atoms with E-state index in [0.717, 1.165) is 29.6 Å². The summed E-state index contributed by atoms with van der Waals surface area (Å²) < 4.78 is 1.66. The van der Waals surface area contributed by atoms with Crippen LogP contribution in [0.1, 0.15) is 45.4 Å². The first-order valence-electron chi connectivity index (χ1n) is 7.17. The topological polar surface area (TPSA) is 46.9 Å². The summed E-state index contributed by atoms with van der Waals surface area (Å²) in [5, 5.41) is 2.92. The highest BCUT2D eigenvalue weighted by atomic mass is 32.1. The van der Waals surface area contributed by atoms with Crippen molar-refractivity contribution in [3.63, 3.8) is 0 Å². The highest BCUT2D eigenvalue weighted by molar-refractivity contribution is 7.78. The molecule has 1 N–H and O–H groups in total. The van der Waals surface area contributed by atoms with Gasteiger partial charge in [0.05, 0.1) is 11.0 Å². The number of nitrogens with one attached hydrogen (secondary N) is 1. The fourth-order valence-corrected chi connectivity index (χ4v) is 2.41. The van der Waals surface area contributed by atoms with Gasteiger partial charge in [0, 0.05) is 12.1 Å². The summed E-state index contributed by atoms with van der Waals surface area (Å²) in [6.45, 7) is 2.19. The molecule has 1 heterocycles. The first-order valence-corrected chi connectivity index (χ1v) is 7.57. The number of unbranched alkanes of at least 4 members (excludes halogenated alkanes) is 4. The van der Waals surface area contributed by atoms with Crippen LogP contribution in [0.3, 0.4) is 0 Å². The Bertz CT molecular complexity index is 580. The molecule has 0 saturated carbocycles. The number of nitrogens with zero attached hydrogens (tertiary/aromatic N) is 2. The number of rotatable bonds is 7. The van der Waals surface area contributed by atoms with Crippen molar-refractivity contribution in [1.82, 2.24) is 8.96 Å². The number of imidazole rings is 1. The summed E-state index contributed by atoms with van der Waals surface area (Å²) >= 11 is 4.25. The van der Waals surface area contributed by atoms with Crippen molar-refractivity contribution in [2.24, 2.45) is 0 Å². The molecular formula is C15H21N3OS. The molecule has 0 aliphatic heterocycles. The van der Waals surface area contributed by atoms with E-state index in [-0.39, 0.29) is 5.91 Å². The van der Waals surface area contributed by atoms with Gasteiger partial charge in [-0.05, 0) is 24.6 Å². The van der Waals surface area contributed by atoms with Gasteiger partial charge in [0.1, 0.15) is 6.33 Å². The fraction of sp³-hybridized carbons (Fsp3) is 0.467. The zero-order valence-corrected chi connectivity index (χ0v) is 12.7. The maximum Gasteiger partial charge on any atom is 0.224 e. The standard InChI is InChI=1S/C15H21N3OS/c1-2-3-4-5-6-7-15(19)17-12-8-9-14-13(10-12)16-11-18(14)20/h8-11,20H,2-7H2,1H3,(H,17,19). The van der Waals surface area contributed by atoms with Gasteiger partial charge in [0.15, 0.2) is 0 Å². The summed E-state index contributed by atoms with van der Waals surface area (Å²) in [4.78, 5) is 16.1. The van der Waals surface area contributed by atoms with E-state index >= 15 is 0 Å². The molecule has 0 aliphatic carbocycles. The number of carbonyl (C=O) groups excluding carboxylic acids is 1. The largest absolute Gasteiger partial charge is 0.326 e. The summed E-state index contributed by atoms with van der Waals surface area (Å²) in [6, 6.07) is 5.66. The molecule has 0 atom stereocenters. The van der Waals surface area contributed by atoms with Crippen molar-refractivity contribution in [3.05, 3.63) is 24.5 Å². The Morgan fingerprint density at radius 3 is 2.90 bits per heavy atom. The van der Waals surface area contributed by atoms with Gasteiger partial charge in [-0.15, -0.1) is 0 Å². The summed E-state index contributed by atoms with van der Waals surface area (Å²) in [5.74, 6) is 0.0751. The minimum absolute atomic E-state index is 0.0751. The van der Waals surface area contributed by atoms with Crippen LogP contribution >= 0.6 is 12.8 Å². The van der Waals surface area contributed by atoms with Crippen molar-refractivity contribution in [3.8, 4) is 0 Å². The molecule has 1 amide bonds. The van der Waals surface area contributed by atoms with Crippen LogP contribution in [0, 0.1) is 0 Å². The Kier molecular flexibility index (Phi) is 5.47. The van der Waals surface area contributed by atoms with Crippen LogP contribution in [0.5, 0.6) is 0 Å². The molecule has 4 nitrogen and oxygen atoms in total. The van der Waals surface area contributed by atoms with Crippen LogP contribution < -0.4 is 5.32 Å². The second kappa shape index (κ2) is 7.33. The highest BCUT2D eigenvalue weighted by Crippen LogP contribution is 2.19. The van der Waals surface area contributed by atoms with Crippen molar-refractivity contribution >= 4 is 35.4 Å². The molecule has 5 heteroatoms. The molecule has 0 saturated heterocycles. The molecule has 2 rings (SSSR count). The van der Waals surface area contributed by atoms with Crippen molar-refractivity contribution in [2.75, 3.05) is 5.32 Å². The highest BCUT2D eigenvalue weighted by Gasteiger charge is 2.05. The van der Waals surface area contributed by atoms with Gasteiger partial charge in [-0.3, -0.25) is 8.77 Å². The van der Waals surface area contributed by atoms with E-state index < -0.39 is 0 Å². The molecular weight excluding hydrogens is 270 g/mol. The van der Waals surface area contributed by atoms with Crippen LogP contribution in [-0.2, 0) is 4.79 Å². The van der Waals surface area contributed by atoms with Gasteiger partial charge in [-0.1, -0.05) is 45.4 Å². The van der Waals surface area contributed by atoms with Crippen LogP contribution in [-0.4, -0.2) is 14.9 Å². The normalized spacial score (nSPS) is 10.9. The first kappa shape index (κ1) is 14.9. The van der Waals surface area contributed by atoms with Gasteiger partial charge in [0.2, 0.25) is 5.91 Å². The van der Waals surface area contributed by atoms with Crippen molar-refractivity contribution in [1.29, 1.82) is 0 Å². The minimum atomic E-state index is 0.0751. The molecule has 1 aromatic heterocycles. The second-order valence-corrected chi connectivity index (χ2v) is 5.44. The lowest BCUT2D eigenvalue weighted by Crippen LogP contribution is -2.10. The molecule has 0 spiro atoms. The van der Waals surface area contributed by atoms with Gasteiger partial charge in [-0.25, -0.2) is 4.98 Å². The molecule has 20 heavy (non-hydrogen) atoms. The average Bonchev–Trinajstić information content (AvgIpc) is 2.80. The number of hydrogen-bond acceptors (Lipinski definition) is 3. The van der Waals surface area contributed by atoms with Gasteiger partial charge in [0.25, 0.3) is 0 Å². The molecule has 0 aliphatic rings. The van der Waals surface area contributed by atoms with E-state index in [2.05, 4.69) is 30.0 Å². The van der Waals surface area contributed by atoms with Crippen molar-refractivity contribution in [2.45, 2.75) is 45.4 Å². The zero-order chi connectivity index (χ0) is 14.4. The lowest BCUT2D eigenvalue weighted by molar-refractivity contribution is -0.116. The minimum Gasteiger partial charge on any atom is -0.326 e. The number of hydrogen-bond donors (Lipinski definition) is 2. The summed E-state index contributed by atoms with van der Waals surface area (Å²) in [7, 11) is 0. The van der Waals surface area contributed by atoms with E-state index in [9.17, 15) is 4.79 Å². The molecule has 0 radical (unpaired) electrons. The van der Waals surface area contributed by atoms with Crippen molar-refractivity contribution < 1.29 is 4.79 Å². The molecule has 108 valence electrons.